The third-order valence-electron chi connectivity index (χ3n) is 10.3. The number of nitrogens with zero attached hydrogens (tertiary/aromatic N) is 1. The Morgan fingerprint density at radius 2 is 0.827 bits per heavy atom. The highest BCUT2D eigenvalue weighted by Gasteiger charge is 2.18. The summed E-state index contributed by atoms with van der Waals surface area (Å²) in [6.07, 6.45) is 0. The molecule has 10 aromatic rings. The first-order valence-electron chi connectivity index (χ1n) is 17.8. The fourth-order valence-electron chi connectivity index (χ4n) is 7.65. The first kappa shape index (κ1) is 30.4. The van der Waals surface area contributed by atoms with Crippen molar-refractivity contribution in [2.45, 2.75) is 0 Å². The molecule has 0 spiro atoms. The summed E-state index contributed by atoms with van der Waals surface area (Å²) in [5.74, 6) is 0. The minimum absolute atomic E-state index is 1.12. The quantitative estimate of drug-likeness (QED) is 0.169. The Balaban J connectivity index is 1.05. The highest BCUT2D eigenvalue weighted by Crippen LogP contribution is 2.44. The van der Waals surface area contributed by atoms with Gasteiger partial charge in [0.1, 0.15) is 0 Å². The molecule has 0 unspecified atom stereocenters. The van der Waals surface area contributed by atoms with E-state index in [1.807, 2.05) is 11.3 Å². The predicted molar refractivity (Wildman–Crippen MR) is 225 cm³/mol. The van der Waals surface area contributed by atoms with Crippen LogP contribution in [0.15, 0.2) is 200 Å². The molecule has 10 rings (SSSR count). The van der Waals surface area contributed by atoms with E-state index in [1.54, 1.807) is 0 Å². The van der Waals surface area contributed by atoms with Crippen molar-refractivity contribution in [2.24, 2.45) is 0 Å². The summed E-state index contributed by atoms with van der Waals surface area (Å²) in [5.41, 5.74) is 10.7. The van der Waals surface area contributed by atoms with Crippen LogP contribution in [0.4, 0.5) is 17.1 Å². The molecule has 1 nitrogen and oxygen atoms in total. The van der Waals surface area contributed by atoms with Gasteiger partial charge in [0.2, 0.25) is 0 Å². The summed E-state index contributed by atoms with van der Waals surface area (Å²) in [6.45, 7) is 0. The van der Waals surface area contributed by atoms with E-state index in [0.29, 0.717) is 0 Å². The molecule has 0 bridgehead atoms. The smallest absolute Gasteiger partial charge is 0.0540 e. The number of hydrogen-bond acceptors (Lipinski definition) is 2. The lowest BCUT2D eigenvalue weighted by Gasteiger charge is -2.27. The second-order valence-electron chi connectivity index (χ2n) is 13.3. The fraction of sp³-hybridized carbons (Fsp3) is 0. The van der Waals surface area contributed by atoms with Crippen molar-refractivity contribution in [3.8, 4) is 33.4 Å². The van der Waals surface area contributed by atoms with Gasteiger partial charge in [-0.15, -0.1) is 11.3 Å². The third-order valence-corrected chi connectivity index (χ3v) is 11.4. The zero-order valence-electron chi connectivity index (χ0n) is 28.4. The average Bonchev–Trinajstić information content (AvgIpc) is 3.57. The van der Waals surface area contributed by atoms with Crippen LogP contribution < -0.4 is 4.90 Å². The summed E-state index contributed by atoms with van der Waals surface area (Å²) in [4.78, 5) is 2.38. The van der Waals surface area contributed by atoms with Crippen molar-refractivity contribution in [3.05, 3.63) is 200 Å². The van der Waals surface area contributed by atoms with Gasteiger partial charge in [-0.3, -0.25) is 0 Å². The Labute approximate surface area is 307 Å². The lowest BCUT2D eigenvalue weighted by Crippen LogP contribution is -2.10. The van der Waals surface area contributed by atoms with E-state index in [1.165, 1.54) is 75.1 Å². The van der Waals surface area contributed by atoms with Crippen LogP contribution >= 0.6 is 11.3 Å². The number of rotatable bonds is 6. The van der Waals surface area contributed by atoms with Crippen molar-refractivity contribution in [1.29, 1.82) is 0 Å². The maximum atomic E-state index is 2.38. The van der Waals surface area contributed by atoms with Gasteiger partial charge in [-0.2, -0.15) is 0 Å². The van der Waals surface area contributed by atoms with Gasteiger partial charge in [0.15, 0.2) is 0 Å². The summed E-state index contributed by atoms with van der Waals surface area (Å²) >= 11 is 1.88. The van der Waals surface area contributed by atoms with E-state index < -0.39 is 0 Å². The Morgan fingerprint density at radius 1 is 0.308 bits per heavy atom. The fourth-order valence-corrected chi connectivity index (χ4v) is 8.83. The summed E-state index contributed by atoms with van der Waals surface area (Å²) < 4.78 is 2.65. The van der Waals surface area contributed by atoms with Gasteiger partial charge < -0.3 is 4.90 Å². The molecular weight excluding hydrogens is 647 g/mol. The lowest BCUT2D eigenvalue weighted by molar-refractivity contribution is 1.30. The molecule has 0 saturated carbocycles. The lowest BCUT2D eigenvalue weighted by atomic mass is 9.95. The molecule has 1 heterocycles. The third kappa shape index (κ3) is 5.33. The normalized spacial score (nSPS) is 11.5. The molecule has 9 aromatic carbocycles. The van der Waals surface area contributed by atoms with Crippen LogP contribution in [0, 0.1) is 0 Å². The van der Waals surface area contributed by atoms with Crippen molar-refractivity contribution in [1.82, 2.24) is 0 Å². The summed E-state index contributed by atoms with van der Waals surface area (Å²) in [5, 5.41) is 7.68. The topological polar surface area (TPSA) is 3.24 Å². The second-order valence-corrected chi connectivity index (χ2v) is 14.4. The molecule has 0 fully saturated rings. The predicted octanol–water partition coefficient (Wildman–Crippen LogP) is 14.8. The van der Waals surface area contributed by atoms with Crippen LogP contribution in [-0.4, -0.2) is 0 Å². The zero-order valence-corrected chi connectivity index (χ0v) is 29.2. The number of benzene rings is 9. The van der Waals surface area contributed by atoms with Crippen LogP contribution in [0.25, 0.3) is 75.1 Å². The van der Waals surface area contributed by atoms with E-state index in [4.69, 9.17) is 0 Å². The number of hydrogen-bond donors (Lipinski definition) is 0. The number of thiophene rings is 1. The zero-order chi connectivity index (χ0) is 34.4. The second kappa shape index (κ2) is 12.7. The molecule has 0 radical (unpaired) electrons. The van der Waals surface area contributed by atoms with Gasteiger partial charge >= 0.3 is 0 Å². The van der Waals surface area contributed by atoms with E-state index in [0.717, 1.165) is 17.1 Å². The number of anilines is 3. The number of para-hydroxylation sites is 1. The average molecular weight is 680 g/mol. The monoisotopic (exact) mass is 679 g/mol. The Kier molecular flexibility index (Phi) is 7.41. The van der Waals surface area contributed by atoms with Gasteiger partial charge in [-0.05, 0) is 98.1 Å². The van der Waals surface area contributed by atoms with Crippen LogP contribution in [0.3, 0.4) is 0 Å². The van der Waals surface area contributed by atoms with Crippen molar-refractivity contribution < 1.29 is 0 Å². The molecule has 244 valence electrons. The van der Waals surface area contributed by atoms with Crippen molar-refractivity contribution in [2.75, 3.05) is 4.90 Å². The van der Waals surface area contributed by atoms with Gasteiger partial charge in [0.05, 0.1) is 5.69 Å². The molecule has 0 aliphatic heterocycles. The highest BCUT2D eigenvalue weighted by molar-refractivity contribution is 7.25. The first-order chi connectivity index (χ1) is 25.8. The van der Waals surface area contributed by atoms with Crippen LogP contribution in [0.2, 0.25) is 0 Å². The van der Waals surface area contributed by atoms with Gasteiger partial charge in [0.25, 0.3) is 0 Å². The molecule has 1 aromatic heterocycles. The van der Waals surface area contributed by atoms with E-state index >= 15 is 0 Å². The standard InChI is InChI=1S/C50H33NS/c1-3-11-34(12-4-1)35-19-21-36(22-20-35)37-23-26-42(27-24-37)51(41-15-5-2-6-16-41)48-30-29-43(44-17-9-10-18-45(44)48)40-25-28-46-47-31-38-13-7-8-14-39(38)32-50(47)52-49(46)33-40/h1-33H. The Bertz CT molecular complexity index is 2870. The molecule has 2 heteroatoms. The molecular formula is C50H33NS. The van der Waals surface area contributed by atoms with Crippen LogP contribution in [-0.2, 0) is 0 Å². The van der Waals surface area contributed by atoms with Gasteiger partial charge in [0, 0.05) is 36.9 Å². The molecule has 0 N–H and O–H groups in total. The largest absolute Gasteiger partial charge is 0.310 e. The van der Waals surface area contributed by atoms with Crippen LogP contribution in [0.5, 0.6) is 0 Å². The van der Waals surface area contributed by atoms with E-state index in [2.05, 4.69) is 205 Å². The van der Waals surface area contributed by atoms with E-state index in [9.17, 15) is 0 Å². The van der Waals surface area contributed by atoms with Gasteiger partial charge in [-0.25, -0.2) is 0 Å². The minimum atomic E-state index is 1.12. The SMILES string of the molecule is c1ccc(-c2ccc(-c3ccc(N(c4ccccc4)c4ccc(-c5ccc6c(c5)sc5cc7ccccc7cc56)c5ccccc45)cc3)cc2)cc1. The Hall–Kier alpha value is -6.48. The molecule has 0 aliphatic rings. The summed E-state index contributed by atoms with van der Waals surface area (Å²) in [6, 6.07) is 72.8. The highest BCUT2D eigenvalue weighted by atomic mass is 32.1. The molecule has 52 heavy (non-hydrogen) atoms. The van der Waals surface area contributed by atoms with Crippen LogP contribution in [0.1, 0.15) is 0 Å². The first-order valence-corrected chi connectivity index (χ1v) is 18.6. The molecule has 0 saturated heterocycles. The Morgan fingerprint density at radius 3 is 1.54 bits per heavy atom. The van der Waals surface area contributed by atoms with E-state index in [-0.39, 0.29) is 0 Å². The minimum Gasteiger partial charge on any atom is -0.310 e. The molecule has 0 amide bonds. The maximum absolute atomic E-state index is 2.38. The molecule has 0 aliphatic carbocycles. The maximum Gasteiger partial charge on any atom is 0.0540 e. The van der Waals surface area contributed by atoms with Gasteiger partial charge in [-0.1, -0.05) is 152 Å². The van der Waals surface area contributed by atoms with Crippen molar-refractivity contribution in [3.63, 3.8) is 0 Å². The van der Waals surface area contributed by atoms with Crippen molar-refractivity contribution >= 4 is 70.1 Å². The number of fused-ring (bicyclic) bond motifs is 5. The molecule has 0 atom stereocenters. The summed E-state index contributed by atoms with van der Waals surface area (Å²) in [7, 11) is 0.